The van der Waals surface area contributed by atoms with E-state index in [-0.39, 0.29) is 0 Å². The summed E-state index contributed by atoms with van der Waals surface area (Å²) in [7, 11) is 0. The first-order valence-electron chi connectivity index (χ1n) is 4.84. The molecule has 3 aromatic rings. The van der Waals surface area contributed by atoms with E-state index in [1.54, 1.807) is 23.3 Å². The molecule has 0 spiro atoms. The Bertz CT molecular complexity index is 629. The quantitative estimate of drug-likeness (QED) is 0.617. The minimum atomic E-state index is 0.723. The van der Waals surface area contributed by atoms with Gasteiger partial charge in [-0.2, -0.15) is 5.10 Å². The fraction of sp³-hybridized carbons (Fsp3) is 0. The number of hydrogen-bond donors (Lipinski definition) is 1. The summed E-state index contributed by atoms with van der Waals surface area (Å²) in [5, 5.41) is 5.22. The van der Waals surface area contributed by atoms with Crippen LogP contribution in [0.3, 0.4) is 0 Å². The predicted octanol–water partition coefficient (Wildman–Crippen LogP) is 1.40. The smallest absolute Gasteiger partial charge is 0.115 e. The summed E-state index contributed by atoms with van der Waals surface area (Å²) in [5.41, 5.74) is 8.36. The van der Waals surface area contributed by atoms with Gasteiger partial charge in [0.15, 0.2) is 0 Å². The molecule has 2 aromatic heterocycles. The Morgan fingerprint density at radius 2 is 1.88 bits per heavy atom. The number of nitrogens with zero attached hydrogens (tertiary/aromatic N) is 4. The SMILES string of the molecule is Nc1cccc2c1cnn2-c1cncnc1. The maximum atomic E-state index is 5.86. The Morgan fingerprint density at radius 1 is 1.06 bits per heavy atom. The summed E-state index contributed by atoms with van der Waals surface area (Å²) >= 11 is 0. The van der Waals surface area contributed by atoms with Crippen LogP contribution < -0.4 is 5.73 Å². The monoisotopic (exact) mass is 211 g/mol. The summed E-state index contributed by atoms with van der Waals surface area (Å²) in [6.07, 6.45) is 6.66. The van der Waals surface area contributed by atoms with E-state index in [1.807, 2.05) is 18.2 Å². The van der Waals surface area contributed by atoms with Crippen molar-refractivity contribution < 1.29 is 0 Å². The van der Waals surface area contributed by atoms with E-state index in [1.165, 1.54) is 6.33 Å². The molecule has 1 aromatic carbocycles. The number of fused-ring (bicyclic) bond motifs is 1. The van der Waals surface area contributed by atoms with Gasteiger partial charge in [0.2, 0.25) is 0 Å². The van der Waals surface area contributed by atoms with Gasteiger partial charge in [-0.25, -0.2) is 14.6 Å². The van der Waals surface area contributed by atoms with Crippen LogP contribution in [-0.2, 0) is 0 Å². The number of nitrogen functional groups attached to an aromatic ring is 1. The van der Waals surface area contributed by atoms with Crippen molar-refractivity contribution in [1.82, 2.24) is 19.7 Å². The average molecular weight is 211 g/mol. The third-order valence-corrected chi connectivity index (χ3v) is 2.44. The predicted molar refractivity (Wildman–Crippen MR) is 61.1 cm³/mol. The van der Waals surface area contributed by atoms with E-state index in [0.717, 1.165) is 22.3 Å². The highest BCUT2D eigenvalue weighted by Gasteiger charge is 2.06. The van der Waals surface area contributed by atoms with Gasteiger partial charge in [-0.1, -0.05) is 6.07 Å². The largest absolute Gasteiger partial charge is 0.398 e. The van der Waals surface area contributed by atoms with Crippen LogP contribution in [0.1, 0.15) is 0 Å². The second-order valence-electron chi connectivity index (χ2n) is 3.43. The normalized spacial score (nSPS) is 10.8. The third kappa shape index (κ3) is 1.22. The molecule has 5 nitrogen and oxygen atoms in total. The Labute approximate surface area is 91.6 Å². The topological polar surface area (TPSA) is 69.6 Å². The van der Waals surface area contributed by atoms with Crippen molar-refractivity contribution in [3.63, 3.8) is 0 Å². The third-order valence-electron chi connectivity index (χ3n) is 2.44. The molecule has 78 valence electrons. The molecule has 0 aliphatic rings. The van der Waals surface area contributed by atoms with Crippen LogP contribution in [-0.4, -0.2) is 19.7 Å². The van der Waals surface area contributed by atoms with Gasteiger partial charge in [0, 0.05) is 11.1 Å². The number of nitrogens with two attached hydrogens (primary N) is 1. The van der Waals surface area contributed by atoms with E-state index in [0.29, 0.717) is 0 Å². The van der Waals surface area contributed by atoms with E-state index in [4.69, 9.17) is 5.73 Å². The summed E-state index contributed by atoms with van der Waals surface area (Å²) in [6, 6.07) is 5.72. The lowest BCUT2D eigenvalue weighted by atomic mass is 10.2. The van der Waals surface area contributed by atoms with Crippen molar-refractivity contribution in [2.75, 3.05) is 5.73 Å². The van der Waals surface area contributed by atoms with Gasteiger partial charge >= 0.3 is 0 Å². The summed E-state index contributed by atoms with van der Waals surface area (Å²) in [4.78, 5) is 7.93. The van der Waals surface area contributed by atoms with E-state index < -0.39 is 0 Å². The Balaban J connectivity index is 2.30. The van der Waals surface area contributed by atoms with Crippen LogP contribution in [0.5, 0.6) is 0 Å². The van der Waals surface area contributed by atoms with Crippen molar-refractivity contribution in [2.45, 2.75) is 0 Å². The van der Waals surface area contributed by atoms with Crippen LogP contribution in [0.15, 0.2) is 43.1 Å². The molecule has 0 amide bonds. The van der Waals surface area contributed by atoms with Crippen LogP contribution in [0.2, 0.25) is 0 Å². The molecule has 0 aliphatic heterocycles. The average Bonchev–Trinajstić information content (AvgIpc) is 2.75. The van der Waals surface area contributed by atoms with Crippen molar-refractivity contribution in [3.8, 4) is 5.69 Å². The molecule has 5 heteroatoms. The molecule has 0 saturated carbocycles. The van der Waals surface area contributed by atoms with Gasteiger partial charge in [-0.05, 0) is 12.1 Å². The minimum Gasteiger partial charge on any atom is -0.398 e. The molecule has 0 bridgehead atoms. The lowest BCUT2D eigenvalue weighted by Gasteiger charge is -2.01. The van der Waals surface area contributed by atoms with Crippen LogP contribution in [0, 0.1) is 0 Å². The van der Waals surface area contributed by atoms with Gasteiger partial charge in [0.05, 0.1) is 24.1 Å². The Kier molecular flexibility index (Phi) is 1.83. The van der Waals surface area contributed by atoms with E-state index in [2.05, 4.69) is 15.1 Å². The summed E-state index contributed by atoms with van der Waals surface area (Å²) < 4.78 is 1.77. The highest BCUT2D eigenvalue weighted by Crippen LogP contribution is 2.22. The number of aromatic nitrogens is 4. The van der Waals surface area contributed by atoms with Gasteiger partial charge in [0.25, 0.3) is 0 Å². The number of rotatable bonds is 1. The van der Waals surface area contributed by atoms with Gasteiger partial charge < -0.3 is 5.73 Å². The number of benzene rings is 1. The first-order chi connectivity index (χ1) is 7.86. The molecule has 0 radical (unpaired) electrons. The molecule has 16 heavy (non-hydrogen) atoms. The van der Waals surface area contributed by atoms with Crippen molar-refractivity contribution in [2.24, 2.45) is 0 Å². The van der Waals surface area contributed by atoms with Crippen LogP contribution in [0.4, 0.5) is 5.69 Å². The molecule has 0 atom stereocenters. The molecular formula is C11H9N5. The summed E-state index contributed by atoms with van der Waals surface area (Å²) in [6.45, 7) is 0. The molecule has 0 aliphatic carbocycles. The lowest BCUT2D eigenvalue weighted by Crippen LogP contribution is -1.97. The molecule has 0 unspecified atom stereocenters. The fourth-order valence-corrected chi connectivity index (χ4v) is 1.68. The second-order valence-corrected chi connectivity index (χ2v) is 3.43. The zero-order valence-electron chi connectivity index (χ0n) is 8.41. The highest BCUT2D eigenvalue weighted by molar-refractivity contribution is 5.90. The summed E-state index contributed by atoms with van der Waals surface area (Å²) in [5.74, 6) is 0. The number of hydrogen-bond acceptors (Lipinski definition) is 4. The molecule has 0 fully saturated rings. The first-order valence-corrected chi connectivity index (χ1v) is 4.84. The zero-order valence-corrected chi connectivity index (χ0v) is 8.41. The van der Waals surface area contributed by atoms with Crippen molar-refractivity contribution in [1.29, 1.82) is 0 Å². The first kappa shape index (κ1) is 8.84. The Morgan fingerprint density at radius 3 is 2.69 bits per heavy atom. The molecule has 3 rings (SSSR count). The van der Waals surface area contributed by atoms with Crippen molar-refractivity contribution >= 4 is 16.6 Å². The van der Waals surface area contributed by atoms with E-state index in [9.17, 15) is 0 Å². The van der Waals surface area contributed by atoms with E-state index >= 15 is 0 Å². The van der Waals surface area contributed by atoms with Crippen LogP contribution >= 0.6 is 0 Å². The fourth-order valence-electron chi connectivity index (χ4n) is 1.68. The molecule has 2 N–H and O–H groups in total. The van der Waals surface area contributed by atoms with Gasteiger partial charge in [-0.15, -0.1) is 0 Å². The zero-order chi connectivity index (χ0) is 11.0. The minimum absolute atomic E-state index is 0.723. The van der Waals surface area contributed by atoms with Crippen molar-refractivity contribution in [3.05, 3.63) is 43.1 Å². The Hall–Kier alpha value is -2.43. The molecule has 2 heterocycles. The van der Waals surface area contributed by atoms with Gasteiger partial charge in [0.1, 0.15) is 12.0 Å². The standard InChI is InChI=1S/C11H9N5/c12-10-2-1-3-11-9(10)6-15-16(11)8-4-13-7-14-5-8/h1-7H,12H2. The maximum Gasteiger partial charge on any atom is 0.115 e. The van der Waals surface area contributed by atoms with Crippen LogP contribution in [0.25, 0.3) is 16.6 Å². The number of anilines is 1. The highest BCUT2D eigenvalue weighted by atomic mass is 15.3. The lowest BCUT2D eigenvalue weighted by molar-refractivity contribution is 0.891. The molecular weight excluding hydrogens is 202 g/mol. The van der Waals surface area contributed by atoms with Gasteiger partial charge in [-0.3, -0.25) is 0 Å². The maximum absolute atomic E-state index is 5.86. The second kappa shape index (κ2) is 3.30. The molecule has 0 saturated heterocycles.